The molecule has 0 amide bonds. The largest absolute Gasteiger partial charge is 0.363 e. The summed E-state index contributed by atoms with van der Waals surface area (Å²) < 4.78 is 11.0. The van der Waals surface area contributed by atoms with Gasteiger partial charge in [0, 0.05) is 16.4 Å². The molecule has 0 spiro atoms. The van der Waals surface area contributed by atoms with Crippen molar-refractivity contribution in [2.45, 2.75) is 73.1 Å². The summed E-state index contributed by atoms with van der Waals surface area (Å²) in [5.41, 5.74) is 5.66. The second-order valence-electron chi connectivity index (χ2n) is 9.64. The highest BCUT2D eigenvalue weighted by atomic mass is 16.5. The lowest BCUT2D eigenvalue weighted by molar-refractivity contribution is -0.756. The topological polar surface area (TPSA) is 30.9 Å². The number of fused-ring (bicyclic) bond motifs is 7. The van der Waals surface area contributed by atoms with Crippen molar-refractivity contribution in [3.63, 3.8) is 0 Å². The molecule has 4 nitrogen and oxygen atoms in total. The van der Waals surface area contributed by atoms with Crippen LogP contribution in [0.4, 0.5) is 0 Å². The minimum absolute atomic E-state index is 0.269. The molecule has 1 aliphatic heterocycles. The smallest absolute Gasteiger partial charge is 0.304 e. The Morgan fingerprint density at radius 3 is 2.54 bits per heavy atom. The number of nitrogens with zero attached hydrogens (tertiary/aromatic N) is 3. The summed E-state index contributed by atoms with van der Waals surface area (Å²) in [7, 11) is 0. The number of rotatable bonds is 1. The van der Waals surface area contributed by atoms with Crippen LogP contribution in [0.15, 0.2) is 18.5 Å². The number of hydrogen-bond donors (Lipinski definition) is 0. The summed E-state index contributed by atoms with van der Waals surface area (Å²) in [4.78, 5) is 0. The summed E-state index contributed by atoms with van der Waals surface area (Å²) in [6.45, 7) is 14.5. The molecule has 26 heavy (non-hydrogen) atoms. The van der Waals surface area contributed by atoms with Gasteiger partial charge in [0.15, 0.2) is 0 Å². The maximum absolute atomic E-state index is 6.43. The SMILES string of the molecule is Cc1cc(C)c(-n2c[n+]3c(n2)CO[C@@H]2[C@H]3[C@H]3CC[C@]2(C)C3(C)C)c(C)c1. The Morgan fingerprint density at radius 1 is 1.15 bits per heavy atom. The number of benzene rings is 1. The van der Waals surface area contributed by atoms with Crippen molar-refractivity contribution in [1.29, 1.82) is 0 Å². The molecule has 2 fully saturated rings. The van der Waals surface area contributed by atoms with E-state index < -0.39 is 0 Å². The predicted octanol–water partition coefficient (Wildman–Crippen LogP) is 3.98. The molecule has 2 saturated carbocycles. The van der Waals surface area contributed by atoms with E-state index in [4.69, 9.17) is 9.84 Å². The van der Waals surface area contributed by atoms with Crippen LogP contribution in [0.2, 0.25) is 0 Å². The molecule has 0 saturated heterocycles. The lowest BCUT2D eigenvalue weighted by Crippen LogP contribution is -2.56. The Labute approximate surface area is 156 Å². The number of ether oxygens (including phenoxy) is 1. The third-order valence-electron chi connectivity index (χ3n) is 8.06. The lowest BCUT2D eigenvalue weighted by atomic mass is 9.70. The highest BCUT2D eigenvalue weighted by molar-refractivity contribution is 5.48. The summed E-state index contributed by atoms with van der Waals surface area (Å²) in [5.74, 6) is 1.73. The lowest BCUT2D eigenvalue weighted by Gasteiger charge is -2.40. The second kappa shape index (κ2) is 4.98. The van der Waals surface area contributed by atoms with Gasteiger partial charge in [-0.3, -0.25) is 0 Å². The third kappa shape index (κ3) is 1.84. The minimum atomic E-state index is 0.269. The van der Waals surface area contributed by atoms with Crippen molar-refractivity contribution in [2.75, 3.05) is 0 Å². The molecule has 2 heterocycles. The molecule has 2 aromatic rings. The average molecular weight is 353 g/mol. The molecule has 0 unspecified atom stereocenters. The number of aryl methyl sites for hydroxylation is 3. The Balaban J connectivity index is 1.63. The van der Waals surface area contributed by atoms with E-state index >= 15 is 0 Å². The average Bonchev–Trinajstić information content (AvgIpc) is 3.11. The summed E-state index contributed by atoms with van der Waals surface area (Å²) >= 11 is 0. The summed E-state index contributed by atoms with van der Waals surface area (Å²) in [5, 5.41) is 4.94. The molecule has 1 aromatic carbocycles. The van der Waals surface area contributed by atoms with Gasteiger partial charge in [-0.1, -0.05) is 43.1 Å². The third-order valence-corrected chi connectivity index (χ3v) is 8.06. The maximum Gasteiger partial charge on any atom is 0.304 e. The molecular weight excluding hydrogens is 322 g/mol. The molecule has 2 bridgehead atoms. The van der Waals surface area contributed by atoms with Crippen LogP contribution in [0.1, 0.15) is 62.2 Å². The van der Waals surface area contributed by atoms with E-state index in [2.05, 4.69) is 69.3 Å². The molecule has 4 heteroatoms. The van der Waals surface area contributed by atoms with Crippen molar-refractivity contribution < 1.29 is 9.30 Å². The van der Waals surface area contributed by atoms with Crippen molar-refractivity contribution >= 4 is 0 Å². The number of hydrogen-bond acceptors (Lipinski definition) is 2. The molecule has 0 N–H and O–H groups in total. The summed E-state index contributed by atoms with van der Waals surface area (Å²) in [6, 6.07) is 4.91. The molecule has 2 aliphatic carbocycles. The zero-order chi connectivity index (χ0) is 18.4. The molecule has 3 aliphatic rings. The first-order chi connectivity index (χ1) is 12.2. The fourth-order valence-electron chi connectivity index (χ4n) is 6.42. The van der Waals surface area contributed by atoms with E-state index in [0.717, 1.165) is 5.82 Å². The quantitative estimate of drug-likeness (QED) is 0.727. The Hall–Kier alpha value is -1.68. The van der Waals surface area contributed by atoms with E-state index in [1.54, 1.807) is 0 Å². The Kier molecular flexibility index (Phi) is 3.16. The van der Waals surface area contributed by atoms with Gasteiger partial charge in [-0.05, 0) is 50.2 Å². The van der Waals surface area contributed by atoms with E-state index in [-0.39, 0.29) is 5.41 Å². The van der Waals surface area contributed by atoms with Gasteiger partial charge >= 0.3 is 5.82 Å². The van der Waals surface area contributed by atoms with Crippen molar-refractivity contribution in [2.24, 2.45) is 16.7 Å². The second-order valence-corrected chi connectivity index (χ2v) is 9.64. The van der Waals surface area contributed by atoms with Crippen LogP contribution in [0.3, 0.4) is 0 Å². The molecule has 0 radical (unpaired) electrons. The van der Waals surface area contributed by atoms with Gasteiger partial charge in [-0.25, -0.2) is 4.57 Å². The Bertz CT molecular complexity index is 889. The van der Waals surface area contributed by atoms with Crippen LogP contribution >= 0.6 is 0 Å². The van der Waals surface area contributed by atoms with Gasteiger partial charge in [0.25, 0.3) is 0 Å². The molecule has 5 rings (SSSR count). The Morgan fingerprint density at radius 2 is 1.85 bits per heavy atom. The van der Waals surface area contributed by atoms with Crippen molar-refractivity contribution in [1.82, 2.24) is 9.78 Å². The van der Waals surface area contributed by atoms with E-state index in [1.807, 2.05) is 0 Å². The van der Waals surface area contributed by atoms with Gasteiger partial charge in [-0.2, -0.15) is 0 Å². The van der Waals surface area contributed by atoms with Gasteiger partial charge in [-0.15, -0.1) is 0 Å². The predicted molar refractivity (Wildman–Crippen MR) is 100 cm³/mol. The van der Waals surface area contributed by atoms with Crippen LogP contribution in [0.5, 0.6) is 0 Å². The van der Waals surface area contributed by atoms with Crippen LogP contribution < -0.4 is 4.57 Å². The van der Waals surface area contributed by atoms with Crippen LogP contribution in [0, 0.1) is 37.5 Å². The van der Waals surface area contributed by atoms with Gasteiger partial charge in [0.1, 0.15) is 18.3 Å². The van der Waals surface area contributed by atoms with Gasteiger partial charge < -0.3 is 4.74 Å². The summed E-state index contributed by atoms with van der Waals surface area (Å²) in [6.07, 6.45) is 5.13. The van der Waals surface area contributed by atoms with Gasteiger partial charge in [0.05, 0.1) is 6.10 Å². The monoisotopic (exact) mass is 352 g/mol. The molecule has 4 atom stereocenters. The zero-order valence-corrected chi connectivity index (χ0v) is 16.8. The highest BCUT2D eigenvalue weighted by Crippen LogP contribution is 2.69. The fourth-order valence-corrected chi connectivity index (χ4v) is 6.42. The van der Waals surface area contributed by atoms with Crippen LogP contribution in [-0.4, -0.2) is 15.9 Å². The first kappa shape index (κ1) is 16.5. The maximum atomic E-state index is 6.43. The molecule has 1 aromatic heterocycles. The fraction of sp³-hybridized carbons (Fsp3) is 0.636. The first-order valence-electron chi connectivity index (χ1n) is 9.93. The van der Waals surface area contributed by atoms with Gasteiger partial charge in [0.2, 0.25) is 6.33 Å². The van der Waals surface area contributed by atoms with Crippen LogP contribution in [-0.2, 0) is 11.3 Å². The van der Waals surface area contributed by atoms with Crippen molar-refractivity contribution in [3.05, 3.63) is 41.0 Å². The van der Waals surface area contributed by atoms with E-state index in [9.17, 15) is 0 Å². The minimum Gasteiger partial charge on any atom is -0.363 e. The zero-order valence-electron chi connectivity index (χ0n) is 16.8. The first-order valence-corrected chi connectivity index (χ1v) is 9.93. The van der Waals surface area contributed by atoms with E-state index in [0.29, 0.717) is 30.1 Å². The highest BCUT2D eigenvalue weighted by Gasteiger charge is 2.70. The standard InChI is InChI=1S/C22H30N3O/c1-13-9-14(2)18(15(3)10-13)25-12-24-17(23-25)11-26-20-19(24)16-7-8-22(20,6)21(16,4)5/h9-10,12,16,19-20H,7-8,11H2,1-6H3/q+1/t16-,19-,20-,22+/m1/s1. The molecule has 138 valence electrons. The van der Waals surface area contributed by atoms with Crippen LogP contribution in [0.25, 0.3) is 5.69 Å². The normalized spacial score (nSPS) is 34.0. The number of aromatic nitrogens is 3. The van der Waals surface area contributed by atoms with Crippen molar-refractivity contribution in [3.8, 4) is 5.69 Å². The molecular formula is C22H30N3O+. The van der Waals surface area contributed by atoms with E-state index in [1.165, 1.54) is 35.2 Å².